The van der Waals surface area contributed by atoms with E-state index in [9.17, 15) is 14.7 Å². The zero-order valence-corrected chi connectivity index (χ0v) is 21.4. The third-order valence-corrected chi connectivity index (χ3v) is 11.4. The van der Waals surface area contributed by atoms with Crippen LogP contribution in [-0.2, 0) is 20.5 Å². The summed E-state index contributed by atoms with van der Waals surface area (Å²) < 4.78 is 7.45. The molecular formula is C21H33BrN2O5Si. The van der Waals surface area contributed by atoms with Crippen LogP contribution in [0.3, 0.4) is 0 Å². The Kier molecular flexibility index (Phi) is 7.44. The van der Waals surface area contributed by atoms with Gasteiger partial charge in [-0.1, -0.05) is 48.8 Å². The lowest BCUT2D eigenvalue weighted by atomic mass is 9.86. The van der Waals surface area contributed by atoms with Crippen LogP contribution >= 0.6 is 15.9 Å². The normalized spacial score (nSPS) is 22.3. The molecule has 0 spiro atoms. The van der Waals surface area contributed by atoms with Crippen molar-refractivity contribution in [3.63, 3.8) is 0 Å². The number of carbonyl (C=O) groups is 2. The van der Waals surface area contributed by atoms with Crippen molar-refractivity contribution in [1.82, 2.24) is 9.96 Å². The van der Waals surface area contributed by atoms with Crippen molar-refractivity contribution in [3.05, 3.63) is 34.3 Å². The lowest BCUT2D eigenvalue weighted by molar-refractivity contribution is -0.180. The molecule has 1 heterocycles. The molecule has 9 heteroatoms. The van der Waals surface area contributed by atoms with Gasteiger partial charge in [-0.15, -0.1) is 0 Å². The van der Waals surface area contributed by atoms with Crippen LogP contribution in [0.15, 0.2) is 28.7 Å². The van der Waals surface area contributed by atoms with Crippen LogP contribution in [0.1, 0.15) is 32.8 Å². The van der Waals surface area contributed by atoms with Gasteiger partial charge in [0.25, 0.3) is 5.91 Å². The summed E-state index contributed by atoms with van der Waals surface area (Å²) in [5.74, 6) is -0.392. The van der Waals surface area contributed by atoms with Crippen LogP contribution in [0.4, 0.5) is 4.79 Å². The van der Waals surface area contributed by atoms with Crippen LogP contribution in [-0.4, -0.2) is 67.7 Å². The summed E-state index contributed by atoms with van der Waals surface area (Å²) in [5, 5.41) is 11.1. The number of nitrogens with zero attached hydrogens (tertiary/aromatic N) is 2. The van der Waals surface area contributed by atoms with Gasteiger partial charge in [0.05, 0.1) is 19.8 Å². The Labute approximate surface area is 188 Å². The average Bonchev–Trinajstić information content (AvgIpc) is 3.00. The number of hydroxylamine groups is 2. The summed E-state index contributed by atoms with van der Waals surface area (Å²) in [6.07, 6.45) is -0.955. The van der Waals surface area contributed by atoms with Crippen molar-refractivity contribution >= 4 is 36.2 Å². The van der Waals surface area contributed by atoms with Crippen molar-refractivity contribution in [2.45, 2.75) is 63.4 Å². The van der Waals surface area contributed by atoms with Crippen LogP contribution in [0, 0.1) is 0 Å². The number of carbonyl (C=O) groups excluding carboxylic acids is 1. The summed E-state index contributed by atoms with van der Waals surface area (Å²) >= 11 is 3.42. The number of carboxylic acid groups (broad SMARTS) is 1. The Balaban J connectivity index is 2.47. The molecule has 2 atom stereocenters. The maximum atomic E-state index is 13.4. The van der Waals surface area contributed by atoms with Crippen LogP contribution in [0.5, 0.6) is 0 Å². The minimum atomic E-state index is -2.15. The van der Waals surface area contributed by atoms with E-state index in [1.165, 1.54) is 19.1 Å². The van der Waals surface area contributed by atoms with Crippen molar-refractivity contribution in [2.24, 2.45) is 0 Å². The van der Waals surface area contributed by atoms with Gasteiger partial charge in [-0.2, -0.15) is 0 Å². The first-order chi connectivity index (χ1) is 13.7. The smallest absolute Gasteiger partial charge is 0.408 e. The first-order valence-electron chi connectivity index (χ1n) is 9.98. The second kappa shape index (κ2) is 8.98. The highest BCUT2D eigenvalue weighted by Gasteiger charge is 2.56. The Bertz CT molecular complexity index is 781. The van der Waals surface area contributed by atoms with Gasteiger partial charge < -0.3 is 9.53 Å². The fourth-order valence-corrected chi connectivity index (χ4v) is 5.23. The van der Waals surface area contributed by atoms with Crippen molar-refractivity contribution in [1.29, 1.82) is 0 Å². The number of benzene rings is 1. The largest absolute Gasteiger partial charge is 0.465 e. The highest BCUT2D eigenvalue weighted by molar-refractivity contribution is 9.10. The molecule has 2 rings (SSSR count). The Hall–Kier alpha value is -1.42. The van der Waals surface area contributed by atoms with E-state index in [1.807, 2.05) is 24.3 Å². The molecule has 0 aliphatic carbocycles. The molecule has 0 saturated carbocycles. The average molecular weight is 501 g/mol. The molecule has 1 aliphatic heterocycles. The van der Waals surface area contributed by atoms with Gasteiger partial charge in [0.2, 0.25) is 0 Å². The number of rotatable bonds is 6. The lowest BCUT2D eigenvalue weighted by Gasteiger charge is -2.38. The van der Waals surface area contributed by atoms with E-state index >= 15 is 0 Å². The Morgan fingerprint density at radius 2 is 1.87 bits per heavy atom. The molecule has 1 N–H and O–H groups in total. The van der Waals surface area contributed by atoms with E-state index in [4.69, 9.17) is 9.26 Å². The Morgan fingerprint density at radius 1 is 1.30 bits per heavy atom. The topological polar surface area (TPSA) is 79.3 Å². The highest BCUT2D eigenvalue weighted by atomic mass is 79.9. The minimum Gasteiger partial charge on any atom is -0.465 e. The second-order valence-electron chi connectivity index (χ2n) is 9.42. The summed E-state index contributed by atoms with van der Waals surface area (Å²) in [6, 6.07) is 7.57. The predicted molar refractivity (Wildman–Crippen MR) is 122 cm³/mol. The van der Waals surface area contributed by atoms with E-state index in [-0.39, 0.29) is 30.5 Å². The summed E-state index contributed by atoms with van der Waals surface area (Å²) in [5.41, 5.74) is -0.424. The fourth-order valence-electron chi connectivity index (χ4n) is 3.63. The molecule has 1 aromatic carbocycles. The summed E-state index contributed by atoms with van der Waals surface area (Å²) in [6.45, 7) is 10.8. The molecule has 1 aliphatic rings. The van der Waals surface area contributed by atoms with Crippen LogP contribution in [0.25, 0.3) is 0 Å². The zero-order valence-electron chi connectivity index (χ0n) is 18.9. The standard InChI is InChI=1S/C21H33BrN2O5Si/c1-20(2,3)30(6,7)29-17-13-21(18(25)23(4)28-5,24(14-17)19(26)27)12-15-8-10-16(22)11-9-15/h8-11,17H,12-14H2,1-7H3,(H,26,27)/t17-,21?/m1/s1. The molecule has 2 amide bonds. The maximum Gasteiger partial charge on any atom is 0.408 e. The molecule has 1 unspecified atom stereocenters. The summed E-state index contributed by atoms with van der Waals surface area (Å²) in [4.78, 5) is 32.1. The SMILES string of the molecule is CON(C)C(=O)C1(Cc2ccc(Br)cc2)C[C@@H](O[Si](C)(C)C(C)(C)C)CN1C(=O)O. The number of likely N-dealkylation sites (tertiary alicyclic amines) is 1. The van der Waals surface area contributed by atoms with Gasteiger partial charge in [-0.3, -0.25) is 14.5 Å². The van der Waals surface area contributed by atoms with Gasteiger partial charge in [0, 0.05) is 24.4 Å². The number of hydrogen-bond acceptors (Lipinski definition) is 4. The van der Waals surface area contributed by atoms with Gasteiger partial charge >= 0.3 is 6.09 Å². The van der Waals surface area contributed by atoms with Crippen LogP contribution < -0.4 is 0 Å². The van der Waals surface area contributed by atoms with Crippen LogP contribution in [0.2, 0.25) is 18.1 Å². The molecule has 30 heavy (non-hydrogen) atoms. The molecule has 0 aromatic heterocycles. The zero-order chi connectivity index (χ0) is 22.9. The monoisotopic (exact) mass is 500 g/mol. The van der Waals surface area contributed by atoms with E-state index in [0.29, 0.717) is 0 Å². The lowest BCUT2D eigenvalue weighted by Crippen LogP contribution is -2.58. The Morgan fingerprint density at radius 3 is 2.33 bits per heavy atom. The highest BCUT2D eigenvalue weighted by Crippen LogP contribution is 2.42. The minimum absolute atomic E-state index is 0.0225. The molecule has 1 saturated heterocycles. The molecule has 168 valence electrons. The summed E-state index contributed by atoms with van der Waals surface area (Å²) in [7, 11) is 0.757. The van der Waals surface area contributed by atoms with Crippen molar-refractivity contribution < 1.29 is 24.0 Å². The molecule has 7 nitrogen and oxygen atoms in total. The maximum absolute atomic E-state index is 13.4. The number of amides is 2. The third kappa shape index (κ3) is 5.07. The fraction of sp³-hybridized carbons (Fsp3) is 0.619. The third-order valence-electron chi connectivity index (χ3n) is 6.33. The van der Waals surface area contributed by atoms with Gasteiger partial charge in [0.1, 0.15) is 5.54 Å². The van der Waals surface area contributed by atoms with E-state index in [1.54, 1.807) is 0 Å². The first-order valence-corrected chi connectivity index (χ1v) is 13.7. The molecule has 1 fully saturated rings. The van der Waals surface area contributed by atoms with Gasteiger partial charge in [0.15, 0.2) is 8.32 Å². The number of halogens is 1. The quantitative estimate of drug-likeness (QED) is 0.458. The van der Waals surface area contributed by atoms with E-state index in [0.717, 1.165) is 15.1 Å². The van der Waals surface area contributed by atoms with Crippen molar-refractivity contribution in [3.8, 4) is 0 Å². The first kappa shape index (κ1) is 24.8. The second-order valence-corrected chi connectivity index (χ2v) is 15.1. The molecule has 1 aromatic rings. The van der Waals surface area contributed by atoms with Gasteiger partial charge in [-0.05, 0) is 35.8 Å². The van der Waals surface area contributed by atoms with Gasteiger partial charge in [-0.25, -0.2) is 9.86 Å². The van der Waals surface area contributed by atoms with E-state index < -0.39 is 25.9 Å². The van der Waals surface area contributed by atoms with E-state index in [2.05, 4.69) is 49.8 Å². The van der Waals surface area contributed by atoms with Crippen molar-refractivity contribution in [2.75, 3.05) is 20.7 Å². The molecular weight excluding hydrogens is 468 g/mol. The molecule has 0 bridgehead atoms. The predicted octanol–water partition coefficient (Wildman–Crippen LogP) is 4.52. The number of likely N-dealkylation sites (N-methyl/N-ethyl adjacent to an activating group) is 1. The molecule has 0 radical (unpaired) electrons. The number of hydrogen-bond donors (Lipinski definition) is 1.